The first-order chi connectivity index (χ1) is 10.2. The normalized spacial score (nSPS) is 17.3. The van der Waals surface area contributed by atoms with Crippen molar-refractivity contribution in [2.24, 2.45) is 11.3 Å². The van der Waals surface area contributed by atoms with Gasteiger partial charge in [0.25, 0.3) is 0 Å². The van der Waals surface area contributed by atoms with Crippen molar-refractivity contribution < 1.29 is 9.59 Å². The molecule has 0 unspecified atom stereocenters. The average molecular weight is 299 g/mol. The number of benzene rings is 1. The van der Waals surface area contributed by atoms with Crippen molar-refractivity contribution in [3.63, 3.8) is 0 Å². The van der Waals surface area contributed by atoms with Gasteiger partial charge in [0.2, 0.25) is 11.8 Å². The van der Waals surface area contributed by atoms with Gasteiger partial charge in [-0.1, -0.05) is 13.8 Å². The van der Waals surface area contributed by atoms with Crippen molar-refractivity contribution in [3.8, 4) is 6.07 Å². The molecule has 0 radical (unpaired) electrons. The second kappa shape index (κ2) is 5.45. The van der Waals surface area contributed by atoms with E-state index < -0.39 is 5.41 Å². The molecule has 116 valence electrons. The molecule has 0 saturated heterocycles. The van der Waals surface area contributed by atoms with Gasteiger partial charge in [-0.2, -0.15) is 5.26 Å². The Labute approximate surface area is 131 Å². The number of carbonyl (C=O) groups excluding carboxylic acids is 2. The maximum Gasteiger partial charge on any atom is 0.242 e. The van der Waals surface area contributed by atoms with Gasteiger partial charge < -0.3 is 9.80 Å². The van der Waals surface area contributed by atoms with Gasteiger partial charge in [0.1, 0.15) is 5.41 Å². The SMILES string of the molecule is CC(C)CN1C(=O)C(C)(C)C(=O)N(C)c2cc(C#N)ccc21. The molecular weight excluding hydrogens is 278 g/mol. The number of fused-ring (bicyclic) bond motifs is 1. The van der Waals surface area contributed by atoms with E-state index in [-0.39, 0.29) is 17.7 Å². The monoisotopic (exact) mass is 299 g/mol. The van der Waals surface area contributed by atoms with Crippen LogP contribution < -0.4 is 9.80 Å². The molecule has 0 fully saturated rings. The van der Waals surface area contributed by atoms with Crippen LogP contribution in [0, 0.1) is 22.7 Å². The lowest BCUT2D eigenvalue weighted by Crippen LogP contribution is -2.48. The van der Waals surface area contributed by atoms with E-state index in [1.54, 1.807) is 44.0 Å². The van der Waals surface area contributed by atoms with Crippen LogP contribution in [0.2, 0.25) is 0 Å². The molecule has 0 spiro atoms. The maximum absolute atomic E-state index is 12.9. The van der Waals surface area contributed by atoms with Crippen LogP contribution in [0.4, 0.5) is 11.4 Å². The Morgan fingerprint density at radius 2 is 1.82 bits per heavy atom. The molecule has 0 N–H and O–H groups in total. The van der Waals surface area contributed by atoms with E-state index >= 15 is 0 Å². The number of hydrogen-bond acceptors (Lipinski definition) is 3. The first-order valence-corrected chi connectivity index (χ1v) is 7.34. The second-order valence-electron chi connectivity index (χ2n) is 6.61. The van der Waals surface area contributed by atoms with Crippen LogP contribution in [0.5, 0.6) is 0 Å². The first kappa shape index (κ1) is 16.0. The Morgan fingerprint density at radius 3 is 2.36 bits per heavy atom. The smallest absolute Gasteiger partial charge is 0.242 e. The minimum Gasteiger partial charge on any atom is -0.313 e. The third-order valence-electron chi connectivity index (χ3n) is 3.92. The van der Waals surface area contributed by atoms with E-state index in [1.807, 2.05) is 13.8 Å². The largest absolute Gasteiger partial charge is 0.313 e. The van der Waals surface area contributed by atoms with E-state index in [2.05, 4.69) is 6.07 Å². The molecule has 1 aliphatic heterocycles. The Kier molecular flexibility index (Phi) is 3.97. The van der Waals surface area contributed by atoms with Crippen molar-refractivity contribution in [2.45, 2.75) is 27.7 Å². The summed E-state index contributed by atoms with van der Waals surface area (Å²) in [6.45, 7) is 7.89. The van der Waals surface area contributed by atoms with Gasteiger partial charge in [-0.25, -0.2) is 0 Å². The third kappa shape index (κ3) is 2.45. The summed E-state index contributed by atoms with van der Waals surface area (Å²) >= 11 is 0. The fourth-order valence-corrected chi connectivity index (χ4v) is 2.70. The lowest BCUT2D eigenvalue weighted by atomic mass is 9.90. The Bertz CT molecular complexity index is 671. The summed E-state index contributed by atoms with van der Waals surface area (Å²) in [6, 6.07) is 7.17. The summed E-state index contributed by atoms with van der Waals surface area (Å²) in [4.78, 5) is 28.7. The molecule has 0 saturated carbocycles. The number of rotatable bonds is 2. The zero-order valence-corrected chi connectivity index (χ0v) is 13.7. The number of nitriles is 1. The van der Waals surface area contributed by atoms with Gasteiger partial charge in [0.15, 0.2) is 0 Å². The quantitative estimate of drug-likeness (QED) is 0.788. The van der Waals surface area contributed by atoms with Crippen LogP contribution in [0.3, 0.4) is 0 Å². The zero-order valence-electron chi connectivity index (χ0n) is 13.7. The van der Waals surface area contributed by atoms with Crippen molar-refractivity contribution in [1.29, 1.82) is 5.26 Å². The molecule has 5 nitrogen and oxygen atoms in total. The van der Waals surface area contributed by atoms with Crippen molar-refractivity contribution in [3.05, 3.63) is 23.8 Å². The summed E-state index contributed by atoms with van der Waals surface area (Å²) in [5.74, 6) is -0.205. The number of amides is 2. The van der Waals surface area contributed by atoms with Crippen LogP contribution in [0.15, 0.2) is 18.2 Å². The number of nitrogens with zero attached hydrogens (tertiary/aromatic N) is 3. The summed E-state index contributed by atoms with van der Waals surface area (Å²) in [5, 5.41) is 9.09. The van der Waals surface area contributed by atoms with Gasteiger partial charge >= 0.3 is 0 Å². The summed E-state index contributed by atoms with van der Waals surface area (Å²) in [7, 11) is 1.65. The Hall–Kier alpha value is -2.35. The van der Waals surface area contributed by atoms with E-state index in [1.165, 1.54) is 4.90 Å². The molecule has 2 amide bonds. The predicted octanol–water partition coefficient (Wildman–Crippen LogP) is 2.55. The molecule has 5 heteroatoms. The highest BCUT2D eigenvalue weighted by Gasteiger charge is 2.45. The lowest BCUT2D eigenvalue weighted by molar-refractivity contribution is -0.137. The highest BCUT2D eigenvalue weighted by Crippen LogP contribution is 2.39. The zero-order chi connectivity index (χ0) is 16.7. The molecule has 22 heavy (non-hydrogen) atoms. The maximum atomic E-state index is 12.9. The molecule has 2 rings (SSSR count). The molecule has 1 aromatic carbocycles. The Balaban J connectivity index is 2.70. The van der Waals surface area contributed by atoms with Gasteiger partial charge in [0.05, 0.1) is 23.0 Å². The number of carbonyl (C=O) groups is 2. The van der Waals surface area contributed by atoms with E-state index in [0.29, 0.717) is 23.5 Å². The molecule has 0 bridgehead atoms. The summed E-state index contributed by atoms with van der Waals surface area (Å²) in [5.41, 5.74) is 0.618. The van der Waals surface area contributed by atoms with Crippen molar-refractivity contribution in [2.75, 3.05) is 23.4 Å². The highest BCUT2D eigenvalue weighted by molar-refractivity contribution is 6.20. The van der Waals surface area contributed by atoms with Crippen LogP contribution in [0.25, 0.3) is 0 Å². The topological polar surface area (TPSA) is 64.4 Å². The standard InChI is InChI=1S/C17H21N3O2/c1-11(2)10-20-13-7-6-12(9-18)8-14(13)19(5)15(21)17(3,4)16(20)22/h6-8,11H,10H2,1-5H3. The second-order valence-corrected chi connectivity index (χ2v) is 6.61. The fourth-order valence-electron chi connectivity index (χ4n) is 2.70. The fraction of sp³-hybridized carbons (Fsp3) is 0.471. The molecule has 1 aromatic rings. The third-order valence-corrected chi connectivity index (χ3v) is 3.92. The minimum atomic E-state index is -1.13. The van der Waals surface area contributed by atoms with E-state index in [0.717, 1.165) is 0 Å². The molecule has 0 aliphatic carbocycles. The summed E-state index contributed by atoms with van der Waals surface area (Å²) in [6.07, 6.45) is 0. The molecule has 0 atom stereocenters. The highest BCUT2D eigenvalue weighted by atomic mass is 16.2. The van der Waals surface area contributed by atoms with Crippen LogP contribution in [0.1, 0.15) is 33.3 Å². The van der Waals surface area contributed by atoms with Crippen molar-refractivity contribution >= 4 is 23.2 Å². The molecule has 0 aromatic heterocycles. The molecular formula is C17H21N3O2. The number of anilines is 2. The van der Waals surface area contributed by atoms with Crippen LogP contribution in [-0.2, 0) is 9.59 Å². The average Bonchev–Trinajstić information content (AvgIpc) is 2.53. The minimum absolute atomic E-state index is 0.207. The van der Waals surface area contributed by atoms with Crippen LogP contribution >= 0.6 is 0 Å². The van der Waals surface area contributed by atoms with Gasteiger partial charge in [-0.15, -0.1) is 0 Å². The number of hydrogen-bond donors (Lipinski definition) is 0. The predicted molar refractivity (Wildman–Crippen MR) is 85.5 cm³/mol. The van der Waals surface area contributed by atoms with E-state index in [4.69, 9.17) is 5.26 Å². The van der Waals surface area contributed by atoms with E-state index in [9.17, 15) is 9.59 Å². The first-order valence-electron chi connectivity index (χ1n) is 7.34. The van der Waals surface area contributed by atoms with Crippen molar-refractivity contribution in [1.82, 2.24) is 0 Å². The Morgan fingerprint density at radius 1 is 1.18 bits per heavy atom. The lowest BCUT2D eigenvalue weighted by Gasteiger charge is -2.29. The molecule has 1 aliphatic rings. The van der Waals surface area contributed by atoms with Gasteiger partial charge in [0, 0.05) is 13.6 Å². The summed E-state index contributed by atoms with van der Waals surface area (Å²) < 4.78 is 0. The van der Waals surface area contributed by atoms with Crippen LogP contribution in [-0.4, -0.2) is 25.4 Å². The molecule has 1 heterocycles. The van der Waals surface area contributed by atoms with Gasteiger partial charge in [-0.3, -0.25) is 9.59 Å². The van der Waals surface area contributed by atoms with Gasteiger partial charge in [-0.05, 0) is 38.0 Å².